The van der Waals surface area contributed by atoms with Gasteiger partial charge in [-0.2, -0.15) is 0 Å². The molecule has 0 aliphatic heterocycles. The van der Waals surface area contributed by atoms with Crippen molar-refractivity contribution in [1.82, 2.24) is 10.3 Å². The highest BCUT2D eigenvalue weighted by Crippen LogP contribution is 2.22. The molecule has 1 amide bonds. The van der Waals surface area contributed by atoms with Crippen LogP contribution in [0.5, 0.6) is 0 Å². The molecule has 0 bridgehead atoms. The summed E-state index contributed by atoms with van der Waals surface area (Å²) in [5, 5.41) is 2.71. The van der Waals surface area contributed by atoms with Gasteiger partial charge in [0.15, 0.2) is 0 Å². The Morgan fingerprint density at radius 1 is 1.12 bits per heavy atom. The number of hydrogen-bond donors (Lipinski definition) is 1. The largest absolute Gasteiger partial charge is 0.441 e. The summed E-state index contributed by atoms with van der Waals surface area (Å²) in [7, 11) is 0. The molecule has 1 aromatic heterocycles. The standard InChI is InChI=1S/C20H19FN2O2/c1-13-7-9-15(10-8-13)20-23-18(14(2)25-20)11-12-22-19(24)16-5-3-4-6-17(16)21/h3-10H,11-12H2,1-2H3,(H,22,24). The van der Waals surface area contributed by atoms with Crippen molar-refractivity contribution in [3.63, 3.8) is 0 Å². The van der Waals surface area contributed by atoms with Crippen LogP contribution in [0.15, 0.2) is 52.9 Å². The van der Waals surface area contributed by atoms with Gasteiger partial charge in [0.1, 0.15) is 11.6 Å². The molecular formula is C20H19FN2O2. The third-order valence-electron chi connectivity index (χ3n) is 3.96. The van der Waals surface area contributed by atoms with E-state index in [1.807, 2.05) is 38.1 Å². The molecule has 0 atom stereocenters. The van der Waals surface area contributed by atoms with Crippen LogP contribution >= 0.6 is 0 Å². The number of oxazole rings is 1. The van der Waals surface area contributed by atoms with E-state index < -0.39 is 11.7 Å². The zero-order valence-corrected chi connectivity index (χ0v) is 14.2. The number of carbonyl (C=O) groups is 1. The minimum atomic E-state index is -0.528. The summed E-state index contributed by atoms with van der Waals surface area (Å²) in [5.74, 6) is 0.320. The van der Waals surface area contributed by atoms with Crippen LogP contribution in [-0.4, -0.2) is 17.4 Å². The lowest BCUT2D eigenvalue weighted by Gasteiger charge is -2.05. The van der Waals surface area contributed by atoms with E-state index in [2.05, 4.69) is 10.3 Å². The van der Waals surface area contributed by atoms with Gasteiger partial charge >= 0.3 is 0 Å². The van der Waals surface area contributed by atoms with E-state index >= 15 is 0 Å². The van der Waals surface area contributed by atoms with E-state index in [9.17, 15) is 9.18 Å². The molecule has 0 saturated heterocycles. The number of carbonyl (C=O) groups excluding carboxylic acids is 1. The molecule has 0 spiro atoms. The summed E-state index contributed by atoms with van der Waals surface area (Å²) in [6.45, 7) is 4.22. The Hall–Kier alpha value is -2.95. The molecule has 0 radical (unpaired) electrons. The minimum absolute atomic E-state index is 0.0414. The van der Waals surface area contributed by atoms with Crippen molar-refractivity contribution >= 4 is 5.91 Å². The minimum Gasteiger partial charge on any atom is -0.441 e. The number of halogens is 1. The summed E-state index contributed by atoms with van der Waals surface area (Å²) in [4.78, 5) is 16.5. The second kappa shape index (κ2) is 7.30. The first-order valence-corrected chi connectivity index (χ1v) is 8.10. The Morgan fingerprint density at radius 2 is 1.84 bits per heavy atom. The van der Waals surface area contributed by atoms with E-state index in [4.69, 9.17) is 4.42 Å². The monoisotopic (exact) mass is 338 g/mol. The smallest absolute Gasteiger partial charge is 0.254 e. The maximum absolute atomic E-state index is 13.6. The van der Waals surface area contributed by atoms with Crippen molar-refractivity contribution in [2.24, 2.45) is 0 Å². The molecule has 0 aliphatic rings. The highest BCUT2D eigenvalue weighted by atomic mass is 19.1. The number of aromatic nitrogens is 1. The van der Waals surface area contributed by atoms with Crippen molar-refractivity contribution in [3.05, 3.63) is 76.9 Å². The number of rotatable bonds is 5. The number of nitrogens with one attached hydrogen (secondary N) is 1. The Morgan fingerprint density at radius 3 is 2.56 bits per heavy atom. The van der Waals surface area contributed by atoms with Crippen LogP contribution in [0.2, 0.25) is 0 Å². The predicted molar refractivity (Wildman–Crippen MR) is 93.9 cm³/mol. The first-order valence-electron chi connectivity index (χ1n) is 8.10. The van der Waals surface area contributed by atoms with Crippen molar-refractivity contribution in [1.29, 1.82) is 0 Å². The number of hydrogen-bond acceptors (Lipinski definition) is 3. The zero-order valence-electron chi connectivity index (χ0n) is 14.2. The zero-order chi connectivity index (χ0) is 17.8. The molecule has 1 heterocycles. The fourth-order valence-electron chi connectivity index (χ4n) is 2.51. The van der Waals surface area contributed by atoms with E-state index in [-0.39, 0.29) is 5.56 Å². The lowest BCUT2D eigenvalue weighted by atomic mass is 10.1. The molecule has 2 aromatic carbocycles. The molecule has 128 valence electrons. The van der Waals surface area contributed by atoms with Crippen LogP contribution in [0.3, 0.4) is 0 Å². The predicted octanol–water partition coefficient (Wildman–Crippen LogP) is 4.07. The van der Waals surface area contributed by atoms with E-state index in [1.165, 1.54) is 17.7 Å². The molecule has 25 heavy (non-hydrogen) atoms. The third kappa shape index (κ3) is 3.94. The van der Waals surface area contributed by atoms with Gasteiger partial charge in [-0.15, -0.1) is 0 Å². The van der Waals surface area contributed by atoms with Crippen molar-refractivity contribution in [3.8, 4) is 11.5 Å². The maximum atomic E-state index is 13.6. The van der Waals surface area contributed by atoms with Gasteiger partial charge in [0.25, 0.3) is 5.91 Å². The molecule has 1 N–H and O–H groups in total. The van der Waals surface area contributed by atoms with Crippen molar-refractivity contribution < 1.29 is 13.6 Å². The Balaban J connectivity index is 1.63. The summed E-state index contributed by atoms with van der Waals surface area (Å²) < 4.78 is 19.3. The molecule has 3 rings (SSSR count). The lowest BCUT2D eigenvalue weighted by Crippen LogP contribution is -2.26. The second-order valence-corrected chi connectivity index (χ2v) is 5.87. The first kappa shape index (κ1) is 16.9. The molecule has 0 saturated carbocycles. The molecular weight excluding hydrogens is 319 g/mol. The molecule has 0 fully saturated rings. The Bertz CT molecular complexity index is 885. The van der Waals surface area contributed by atoms with E-state index in [0.29, 0.717) is 18.9 Å². The van der Waals surface area contributed by atoms with Crippen LogP contribution < -0.4 is 5.32 Å². The van der Waals surface area contributed by atoms with Gasteiger partial charge in [-0.25, -0.2) is 9.37 Å². The van der Waals surface area contributed by atoms with Gasteiger partial charge in [-0.05, 0) is 38.1 Å². The number of amides is 1. The van der Waals surface area contributed by atoms with Crippen molar-refractivity contribution in [2.45, 2.75) is 20.3 Å². The van der Waals surface area contributed by atoms with E-state index in [1.54, 1.807) is 12.1 Å². The maximum Gasteiger partial charge on any atom is 0.254 e. The number of aryl methyl sites for hydroxylation is 2. The summed E-state index contributed by atoms with van der Waals surface area (Å²) in [6, 6.07) is 13.8. The van der Waals surface area contributed by atoms with Gasteiger partial charge in [-0.3, -0.25) is 4.79 Å². The van der Waals surface area contributed by atoms with Gasteiger partial charge in [0, 0.05) is 18.5 Å². The fourth-order valence-corrected chi connectivity index (χ4v) is 2.51. The number of benzene rings is 2. The van der Waals surface area contributed by atoms with Crippen LogP contribution in [0.4, 0.5) is 4.39 Å². The third-order valence-corrected chi connectivity index (χ3v) is 3.96. The van der Waals surface area contributed by atoms with Crippen molar-refractivity contribution in [2.75, 3.05) is 6.54 Å². The van der Waals surface area contributed by atoms with Crippen LogP contribution in [0.25, 0.3) is 11.5 Å². The molecule has 3 aromatic rings. The normalized spacial score (nSPS) is 10.7. The van der Waals surface area contributed by atoms with Gasteiger partial charge < -0.3 is 9.73 Å². The average molecular weight is 338 g/mol. The Kier molecular flexibility index (Phi) is 4.93. The summed E-state index contributed by atoms with van der Waals surface area (Å²) in [5.41, 5.74) is 2.91. The summed E-state index contributed by atoms with van der Waals surface area (Å²) >= 11 is 0. The lowest BCUT2D eigenvalue weighted by molar-refractivity contribution is 0.0950. The van der Waals surface area contributed by atoms with Crippen LogP contribution in [-0.2, 0) is 6.42 Å². The second-order valence-electron chi connectivity index (χ2n) is 5.87. The topological polar surface area (TPSA) is 55.1 Å². The molecule has 0 aliphatic carbocycles. The van der Waals surface area contributed by atoms with Gasteiger partial charge in [0.2, 0.25) is 5.89 Å². The molecule has 0 unspecified atom stereocenters. The average Bonchev–Trinajstić information content (AvgIpc) is 2.97. The number of nitrogens with zero attached hydrogens (tertiary/aromatic N) is 1. The SMILES string of the molecule is Cc1ccc(-c2nc(CCNC(=O)c3ccccc3F)c(C)o2)cc1. The fraction of sp³-hybridized carbons (Fsp3) is 0.200. The molecule has 5 heteroatoms. The van der Waals surface area contributed by atoms with Crippen LogP contribution in [0, 0.1) is 19.7 Å². The van der Waals surface area contributed by atoms with Gasteiger partial charge in [0.05, 0.1) is 11.3 Å². The summed E-state index contributed by atoms with van der Waals surface area (Å²) in [6.07, 6.45) is 0.515. The molecule has 4 nitrogen and oxygen atoms in total. The highest BCUT2D eigenvalue weighted by Gasteiger charge is 2.13. The van der Waals surface area contributed by atoms with Gasteiger partial charge in [-0.1, -0.05) is 29.8 Å². The first-order chi connectivity index (χ1) is 12.0. The Labute approximate surface area is 145 Å². The highest BCUT2D eigenvalue weighted by molar-refractivity contribution is 5.94. The van der Waals surface area contributed by atoms with Crippen LogP contribution in [0.1, 0.15) is 27.4 Å². The van der Waals surface area contributed by atoms with E-state index in [0.717, 1.165) is 17.0 Å². The quantitative estimate of drug-likeness (QED) is 0.763.